The number of hydrogen-bond donors (Lipinski definition) is 1. The molecule has 0 radical (unpaired) electrons. The van der Waals surface area contributed by atoms with E-state index in [1.54, 1.807) is 6.20 Å². The molecule has 1 aromatic carbocycles. The molecule has 94 valence electrons. The largest absolute Gasteiger partial charge is 0.399 e. The molecular formula is C13H13Br2N3. The van der Waals surface area contributed by atoms with Crippen LogP contribution >= 0.6 is 31.9 Å². The van der Waals surface area contributed by atoms with Crippen molar-refractivity contribution in [3.05, 3.63) is 51.0 Å². The van der Waals surface area contributed by atoms with Gasteiger partial charge in [-0.05, 0) is 55.6 Å². The number of hydrogen-bond acceptors (Lipinski definition) is 3. The monoisotopic (exact) mass is 369 g/mol. The Morgan fingerprint density at radius 3 is 2.50 bits per heavy atom. The van der Waals surface area contributed by atoms with E-state index in [9.17, 15) is 0 Å². The van der Waals surface area contributed by atoms with Gasteiger partial charge in [0.1, 0.15) is 5.82 Å². The quantitative estimate of drug-likeness (QED) is 0.835. The van der Waals surface area contributed by atoms with Crippen LogP contribution in [0.4, 0.5) is 11.5 Å². The van der Waals surface area contributed by atoms with Crippen molar-refractivity contribution in [2.24, 2.45) is 0 Å². The lowest BCUT2D eigenvalue weighted by atomic mass is 10.2. The van der Waals surface area contributed by atoms with Gasteiger partial charge in [0.25, 0.3) is 0 Å². The molecule has 0 aliphatic heterocycles. The number of rotatable bonds is 3. The first-order valence-electron chi connectivity index (χ1n) is 5.43. The number of aromatic nitrogens is 1. The fourth-order valence-electron chi connectivity index (χ4n) is 1.66. The molecule has 18 heavy (non-hydrogen) atoms. The lowest BCUT2D eigenvalue weighted by Crippen LogP contribution is -2.18. The van der Waals surface area contributed by atoms with Gasteiger partial charge in [-0.15, -0.1) is 0 Å². The van der Waals surface area contributed by atoms with Crippen molar-refractivity contribution in [2.75, 3.05) is 17.7 Å². The third kappa shape index (κ3) is 3.23. The summed E-state index contributed by atoms with van der Waals surface area (Å²) >= 11 is 6.91. The molecule has 2 aromatic rings. The lowest BCUT2D eigenvalue weighted by molar-refractivity contribution is 0.893. The molecule has 0 unspecified atom stereocenters. The van der Waals surface area contributed by atoms with Crippen molar-refractivity contribution in [1.82, 2.24) is 4.98 Å². The highest BCUT2D eigenvalue weighted by Crippen LogP contribution is 2.26. The number of anilines is 2. The van der Waals surface area contributed by atoms with E-state index in [2.05, 4.69) is 41.7 Å². The third-order valence-corrected chi connectivity index (χ3v) is 3.57. The number of benzene rings is 1. The molecule has 1 heterocycles. The fraction of sp³-hybridized carbons (Fsp3) is 0.154. The van der Waals surface area contributed by atoms with Gasteiger partial charge in [-0.1, -0.05) is 12.1 Å². The van der Waals surface area contributed by atoms with Gasteiger partial charge in [-0.25, -0.2) is 4.98 Å². The van der Waals surface area contributed by atoms with E-state index in [4.69, 9.17) is 5.73 Å². The average molecular weight is 371 g/mol. The summed E-state index contributed by atoms with van der Waals surface area (Å²) in [4.78, 5) is 6.48. The van der Waals surface area contributed by atoms with Crippen LogP contribution < -0.4 is 10.6 Å². The van der Waals surface area contributed by atoms with Crippen LogP contribution in [-0.4, -0.2) is 12.0 Å². The highest BCUT2D eigenvalue weighted by atomic mass is 79.9. The summed E-state index contributed by atoms with van der Waals surface area (Å²) in [6.45, 7) is 0.785. The van der Waals surface area contributed by atoms with E-state index >= 15 is 0 Å². The zero-order valence-corrected chi connectivity index (χ0v) is 13.1. The van der Waals surface area contributed by atoms with Gasteiger partial charge in [-0.2, -0.15) is 0 Å². The second-order valence-corrected chi connectivity index (χ2v) is 5.83. The van der Waals surface area contributed by atoms with Crippen LogP contribution in [0.2, 0.25) is 0 Å². The van der Waals surface area contributed by atoms with Crippen molar-refractivity contribution in [2.45, 2.75) is 6.54 Å². The van der Waals surface area contributed by atoms with Gasteiger partial charge in [0.15, 0.2) is 0 Å². The zero-order valence-electron chi connectivity index (χ0n) is 9.90. The SMILES string of the molecule is CN(Cc1ccc(N)cc1)c1ncc(Br)cc1Br. The summed E-state index contributed by atoms with van der Waals surface area (Å²) in [6, 6.07) is 9.86. The summed E-state index contributed by atoms with van der Waals surface area (Å²) < 4.78 is 1.92. The molecule has 0 aliphatic rings. The Kier molecular flexibility index (Phi) is 4.24. The number of nitrogens with two attached hydrogens (primary N) is 1. The number of pyridine rings is 1. The van der Waals surface area contributed by atoms with Crippen LogP contribution in [0.15, 0.2) is 45.5 Å². The van der Waals surface area contributed by atoms with E-state index in [-0.39, 0.29) is 0 Å². The molecule has 0 saturated carbocycles. The first-order chi connectivity index (χ1) is 8.56. The van der Waals surface area contributed by atoms with Crippen molar-refractivity contribution >= 4 is 43.4 Å². The summed E-state index contributed by atoms with van der Waals surface area (Å²) in [5.41, 5.74) is 7.65. The van der Waals surface area contributed by atoms with E-state index in [0.717, 1.165) is 27.0 Å². The number of halogens is 2. The molecule has 0 spiro atoms. The van der Waals surface area contributed by atoms with Crippen molar-refractivity contribution < 1.29 is 0 Å². The average Bonchev–Trinajstić information content (AvgIpc) is 2.32. The van der Waals surface area contributed by atoms with Gasteiger partial charge < -0.3 is 10.6 Å². The minimum absolute atomic E-state index is 0.782. The van der Waals surface area contributed by atoms with Crippen LogP contribution in [0.3, 0.4) is 0 Å². The van der Waals surface area contributed by atoms with E-state index < -0.39 is 0 Å². The molecule has 0 saturated heterocycles. The summed E-state index contributed by atoms with van der Waals surface area (Å²) in [6.07, 6.45) is 1.79. The van der Waals surface area contributed by atoms with Crippen LogP contribution in [-0.2, 0) is 6.54 Å². The lowest BCUT2D eigenvalue weighted by Gasteiger charge is -2.19. The molecule has 0 bridgehead atoms. The molecular weight excluding hydrogens is 358 g/mol. The van der Waals surface area contributed by atoms with Crippen molar-refractivity contribution in [1.29, 1.82) is 0 Å². The Bertz CT molecular complexity index is 540. The van der Waals surface area contributed by atoms with Crippen LogP contribution in [0.5, 0.6) is 0 Å². The van der Waals surface area contributed by atoms with Gasteiger partial charge in [0.05, 0.1) is 4.47 Å². The first kappa shape index (κ1) is 13.4. The van der Waals surface area contributed by atoms with E-state index in [1.165, 1.54) is 5.56 Å². The highest BCUT2D eigenvalue weighted by molar-refractivity contribution is 9.11. The molecule has 5 heteroatoms. The topological polar surface area (TPSA) is 42.1 Å². The highest BCUT2D eigenvalue weighted by Gasteiger charge is 2.08. The van der Waals surface area contributed by atoms with E-state index in [1.807, 2.05) is 37.4 Å². The van der Waals surface area contributed by atoms with Gasteiger partial charge in [0, 0.05) is 29.9 Å². The fourth-order valence-corrected chi connectivity index (χ4v) is 2.95. The van der Waals surface area contributed by atoms with Crippen LogP contribution in [0.25, 0.3) is 0 Å². The summed E-state index contributed by atoms with van der Waals surface area (Å²) in [5.74, 6) is 0.912. The molecule has 0 fully saturated rings. The van der Waals surface area contributed by atoms with E-state index in [0.29, 0.717) is 0 Å². The maximum absolute atomic E-state index is 5.67. The standard InChI is InChI=1S/C13H13Br2N3/c1-18(8-9-2-4-11(16)5-3-9)13-12(15)6-10(14)7-17-13/h2-7H,8,16H2,1H3. The minimum atomic E-state index is 0.782. The molecule has 3 nitrogen and oxygen atoms in total. The number of nitrogen functional groups attached to an aromatic ring is 1. The van der Waals surface area contributed by atoms with Crippen molar-refractivity contribution in [3.63, 3.8) is 0 Å². The predicted molar refractivity (Wildman–Crippen MR) is 82.6 cm³/mol. The normalized spacial score (nSPS) is 10.4. The molecule has 2 rings (SSSR count). The Balaban J connectivity index is 2.16. The number of nitrogens with zero attached hydrogens (tertiary/aromatic N) is 2. The predicted octanol–water partition coefficient (Wildman–Crippen LogP) is 3.83. The van der Waals surface area contributed by atoms with Gasteiger partial charge in [-0.3, -0.25) is 0 Å². The summed E-state index contributed by atoms with van der Waals surface area (Å²) in [5, 5.41) is 0. The molecule has 0 atom stereocenters. The molecule has 1 aromatic heterocycles. The Morgan fingerprint density at radius 1 is 1.22 bits per heavy atom. The first-order valence-corrected chi connectivity index (χ1v) is 7.01. The zero-order chi connectivity index (χ0) is 13.1. The molecule has 0 aliphatic carbocycles. The third-order valence-electron chi connectivity index (χ3n) is 2.55. The second-order valence-electron chi connectivity index (χ2n) is 4.06. The summed E-state index contributed by atoms with van der Waals surface area (Å²) in [7, 11) is 2.01. The minimum Gasteiger partial charge on any atom is -0.399 e. The molecule has 0 amide bonds. The van der Waals surface area contributed by atoms with Crippen LogP contribution in [0.1, 0.15) is 5.56 Å². The maximum atomic E-state index is 5.67. The second kappa shape index (κ2) is 5.71. The Hall–Kier alpha value is -1.07. The molecule has 2 N–H and O–H groups in total. The van der Waals surface area contributed by atoms with Crippen molar-refractivity contribution in [3.8, 4) is 0 Å². The Morgan fingerprint density at radius 2 is 1.89 bits per heavy atom. The smallest absolute Gasteiger partial charge is 0.142 e. The Labute approximate surface area is 123 Å². The van der Waals surface area contributed by atoms with Gasteiger partial charge >= 0.3 is 0 Å². The van der Waals surface area contributed by atoms with Gasteiger partial charge in [0.2, 0.25) is 0 Å². The van der Waals surface area contributed by atoms with Crippen LogP contribution in [0, 0.1) is 0 Å². The maximum Gasteiger partial charge on any atom is 0.142 e.